The topological polar surface area (TPSA) is 115 Å². The average molecular weight is 682 g/mol. The lowest BCUT2D eigenvalue weighted by atomic mass is 9.92. The van der Waals surface area contributed by atoms with E-state index in [-0.39, 0.29) is 33.6 Å². The van der Waals surface area contributed by atoms with Crippen LogP contribution in [0.3, 0.4) is 0 Å². The van der Waals surface area contributed by atoms with Crippen LogP contribution in [0.2, 0.25) is 28.2 Å². The van der Waals surface area contributed by atoms with E-state index in [0.29, 0.717) is 34.9 Å². The van der Waals surface area contributed by atoms with Crippen molar-refractivity contribution >= 4 is 43.0 Å². The molecule has 0 radical (unpaired) electrons. The molecule has 1 unspecified atom stereocenters. The van der Waals surface area contributed by atoms with E-state index in [4.69, 9.17) is 37.6 Å². The molecule has 2 atom stereocenters. The minimum absolute atomic E-state index is 0.0351. The maximum absolute atomic E-state index is 15.5. The first-order valence-corrected chi connectivity index (χ1v) is 19.1. The molecule has 0 bridgehead atoms. The first-order valence-electron chi connectivity index (χ1n) is 15.4. The van der Waals surface area contributed by atoms with E-state index in [0.717, 1.165) is 36.2 Å². The van der Waals surface area contributed by atoms with E-state index in [1.165, 1.54) is 23.2 Å². The summed E-state index contributed by atoms with van der Waals surface area (Å²) in [5.74, 6) is -0.140. The molecule has 1 saturated carbocycles. The molecule has 0 spiro atoms. The number of hydrogen-bond donors (Lipinski definition) is 1. The molecule has 240 valence electrons. The van der Waals surface area contributed by atoms with Gasteiger partial charge in [-0.25, -0.2) is 9.37 Å². The number of aromatic amines is 1. The molecule has 1 aromatic carbocycles. The Morgan fingerprint density at radius 2 is 1.91 bits per heavy atom. The number of rotatable bonds is 7. The lowest BCUT2D eigenvalue weighted by molar-refractivity contribution is -0.129. The zero-order valence-electron chi connectivity index (χ0n) is 26.3. The van der Waals surface area contributed by atoms with Crippen LogP contribution >= 0.6 is 23.2 Å². The van der Waals surface area contributed by atoms with Gasteiger partial charge >= 0.3 is 0 Å². The highest BCUT2D eigenvalue weighted by Crippen LogP contribution is 2.56. The van der Waals surface area contributed by atoms with E-state index in [2.05, 4.69) is 54.4 Å². The summed E-state index contributed by atoms with van der Waals surface area (Å²) in [6.45, 7) is 11.2. The zero-order valence-corrected chi connectivity index (χ0v) is 28.8. The number of imidazole rings is 1. The van der Waals surface area contributed by atoms with Crippen LogP contribution in [0.1, 0.15) is 76.0 Å². The third-order valence-electron chi connectivity index (χ3n) is 9.98. The van der Waals surface area contributed by atoms with Gasteiger partial charge in [-0.3, -0.25) is 9.78 Å². The third kappa shape index (κ3) is 5.19. The summed E-state index contributed by atoms with van der Waals surface area (Å²) in [4.78, 5) is 28.4. The first kappa shape index (κ1) is 31.2. The number of pyridine rings is 1. The fraction of sp³-hybridized carbons (Fsp3) is 0.438. The van der Waals surface area contributed by atoms with Crippen molar-refractivity contribution in [2.24, 2.45) is 0 Å². The van der Waals surface area contributed by atoms with Crippen molar-refractivity contribution in [1.29, 1.82) is 0 Å². The highest BCUT2D eigenvalue weighted by Gasteiger charge is 2.54. The standard InChI is InChI=1S/C32H35Cl2FN8O2Si/c1-31(2,3)46(4,5)45-32(11-12-32)29-27(34)20(10-13-36-29)22-16-37-30(39-22)24-8-6-19-14-18(15-25(44)43(19)24)26-23(42-17-38-40-41-42)9-7-21(33)28(26)35/h7,9-10,13,15-17,19,24H,6,8,11-12,14H2,1-5H3,(H,37,39)/t19-,24?/m1/s1. The zero-order chi connectivity index (χ0) is 32.6. The van der Waals surface area contributed by atoms with E-state index < -0.39 is 19.7 Å². The molecule has 3 aliphatic rings. The summed E-state index contributed by atoms with van der Waals surface area (Å²) in [5.41, 5.74) is 3.06. The average Bonchev–Trinajstić information content (AvgIpc) is 3.40. The molecule has 4 aromatic rings. The van der Waals surface area contributed by atoms with Gasteiger partial charge in [-0.15, -0.1) is 5.10 Å². The van der Waals surface area contributed by atoms with Crippen molar-refractivity contribution in [2.45, 2.75) is 88.7 Å². The van der Waals surface area contributed by atoms with E-state index in [1.807, 2.05) is 11.0 Å². The molecule has 7 rings (SSSR count). The fourth-order valence-corrected chi connectivity index (χ4v) is 8.59. The number of tetrazole rings is 1. The molecule has 10 nitrogen and oxygen atoms in total. The summed E-state index contributed by atoms with van der Waals surface area (Å²) in [5, 5.41) is 11.9. The summed E-state index contributed by atoms with van der Waals surface area (Å²) >= 11 is 13.2. The number of aromatic nitrogens is 7. The fourth-order valence-electron chi connectivity index (χ4n) is 6.46. The maximum atomic E-state index is 15.5. The molecule has 46 heavy (non-hydrogen) atoms. The molecule has 1 saturated heterocycles. The van der Waals surface area contributed by atoms with Gasteiger partial charge in [0.2, 0.25) is 5.91 Å². The Bertz CT molecular complexity index is 1870. The van der Waals surface area contributed by atoms with Crippen LogP contribution in [-0.2, 0) is 14.8 Å². The summed E-state index contributed by atoms with van der Waals surface area (Å²) in [7, 11) is -2.07. The van der Waals surface area contributed by atoms with Gasteiger partial charge in [0.05, 0.1) is 39.4 Å². The molecule has 14 heteroatoms. The normalized spacial score (nSPS) is 21.0. The Morgan fingerprint density at radius 1 is 1.13 bits per heavy atom. The predicted octanol–water partition coefficient (Wildman–Crippen LogP) is 7.42. The van der Waals surface area contributed by atoms with Crippen LogP contribution in [0, 0.1) is 5.82 Å². The number of fused-ring (bicyclic) bond motifs is 1. The van der Waals surface area contributed by atoms with Crippen LogP contribution < -0.4 is 0 Å². The lowest BCUT2D eigenvalue weighted by Crippen LogP contribution is -2.44. The summed E-state index contributed by atoms with van der Waals surface area (Å²) in [6.07, 6.45) is 10.1. The van der Waals surface area contributed by atoms with Crippen molar-refractivity contribution in [2.75, 3.05) is 0 Å². The number of nitrogens with one attached hydrogen (secondary N) is 1. The smallest absolute Gasteiger partial charge is 0.247 e. The molecule has 1 amide bonds. The van der Waals surface area contributed by atoms with Crippen LogP contribution in [-0.4, -0.2) is 60.3 Å². The number of carbonyl (C=O) groups excluding carboxylic acids is 1. The van der Waals surface area contributed by atoms with Crippen LogP contribution in [0.25, 0.3) is 22.5 Å². The largest absolute Gasteiger partial charge is 0.406 e. The van der Waals surface area contributed by atoms with Crippen molar-refractivity contribution in [1.82, 2.24) is 40.1 Å². The van der Waals surface area contributed by atoms with Crippen molar-refractivity contribution in [3.8, 4) is 16.9 Å². The van der Waals surface area contributed by atoms with Crippen molar-refractivity contribution < 1.29 is 13.6 Å². The van der Waals surface area contributed by atoms with Gasteiger partial charge in [0.1, 0.15) is 17.8 Å². The minimum Gasteiger partial charge on any atom is -0.406 e. The van der Waals surface area contributed by atoms with Gasteiger partial charge < -0.3 is 14.3 Å². The molecule has 5 heterocycles. The Labute approximate surface area is 277 Å². The van der Waals surface area contributed by atoms with Crippen molar-refractivity contribution in [3.05, 3.63) is 75.9 Å². The predicted molar refractivity (Wildman–Crippen MR) is 175 cm³/mol. The summed E-state index contributed by atoms with van der Waals surface area (Å²) < 4.78 is 23.7. The quantitative estimate of drug-likeness (QED) is 0.202. The summed E-state index contributed by atoms with van der Waals surface area (Å²) in [6, 6.07) is 4.59. The number of H-pyrrole nitrogens is 1. The Balaban J connectivity index is 1.16. The maximum Gasteiger partial charge on any atom is 0.247 e. The Kier molecular flexibility index (Phi) is 7.50. The first-order chi connectivity index (χ1) is 21.8. The second kappa shape index (κ2) is 11.1. The molecular formula is C32H35Cl2FN8O2Si. The lowest BCUT2D eigenvalue weighted by Gasteiger charge is -2.39. The van der Waals surface area contributed by atoms with E-state index in [1.54, 1.807) is 18.5 Å². The van der Waals surface area contributed by atoms with Gasteiger partial charge in [-0.1, -0.05) is 44.0 Å². The Morgan fingerprint density at radius 3 is 2.61 bits per heavy atom. The molecular weight excluding hydrogens is 646 g/mol. The van der Waals surface area contributed by atoms with Crippen LogP contribution in [0.15, 0.2) is 43.0 Å². The van der Waals surface area contributed by atoms with Gasteiger partial charge in [-0.2, -0.15) is 4.68 Å². The van der Waals surface area contributed by atoms with E-state index in [9.17, 15) is 4.79 Å². The second-order valence-electron chi connectivity index (χ2n) is 13.9. The van der Waals surface area contributed by atoms with Gasteiger partial charge in [0.15, 0.2) is 14.1 Å². The second-order valence-corrected chi connectivity index (χ2v) is 19.4. The number of nitrogens with zero attached hydrogens (tertiary/aromatic N) is 7. The molecule has 1 aliphatic carbocycles. The highest BCUT2D eigenvalue weighted by atomic mass is 35.5. The number of halogens is 3. The van der Waals surface area contributed by atoms with Crippen molar-refractivity contribution in [3.63, 3.8) is 0 Å². The third-order valence-corrected chi connectivity index (χ3v) is 15.2. The number of amides is 1. The van der Waals surface area contributed by atoms with Crippen LogP contribution in [0.5, 0.6) is 0 Å². The van der Waals surface area contributed by atoms with Gasteiger partial charge in [0.25, 0.3) is 0 Å². The number of benzene rings is 1. The number of hydrogen-bond acceptors (Lipinski definition) is 7. The Hall–Kier alpha value is -3.45. The number of carbonyl (C=O) groups is 1. The van der Waals surface area contributed by atoms with Gasteiger partial charge in [-0.05, 0) is 84.4 Å². The van der Waals surface area contributed by atoms with E-state index >= 15 is 4.39 Å². The SMILES string of the molecule is CC(C)(C)[Si](C)(C)OC1(c2nccc(-c3cnc(C4CC[C@@H]5CC(c6c(-n7cnnn7)ccc(Cl)c6F)=CC(=O)N45)[nH]3)c2Cl)CC1. The molecule has 2 fully saturated rings. The molecule has 3 aromatic heterocycles. The highest BCUT2D eigenvalue weighted by molar-refractivity contribution is 6.74. The monoisotopic (exact) mass is 680 g/mol. The van der Waals surface area contributed by atoms with Crippen LogP contribution in [0.4, 0.5) is 4.39 Å². The molecule has 2 aliphatic heterocycles. The van der Waals surface area contributed by atoms with Gasteiger partial charge in [0, 0.05) is 29.4 Å². The minimum atomic E-state index is -2.07. The molecule has 1 N–H and O–H groups in total.